The molecule has 0 fully saturated rings. The zero-order valence-corrected chi connectivity index (χ0v) is 11.7. The number of aryl methyl sites for hydroxylation is 2. The lowest BCUT2D eigenvalue weighted by atomic mass is 10.4. The second-order valence-electron chi connectivity index (χ2n) is 3.84. The van der Waals surface area contributed by atoms with Crippen LogP contribution in [-0.4, -0.2) is 30.1 Å². The average molecular weight is 286 g/mol. The van der Waals surface area contributed by atoms with Crippen LogP contribution in [0.5, 0.6) is 0 Å². The lowest BCUT2D eigenvalue weighted by Crippen LogP contribution is -2.26. The molecule has 0 aromatic carbocycles. The number of H-pyrrole nitrogens is 1. The van der Waals surface area contributed by atoms with Crippen molar-refractivity contribution >= 4 is 21.4 Å². The highest BCUT2D eigenvalue weighted by molar-refractivity contribution is 7.89. The van der Waals surface area contributed by atoms with Gasteiger partial charge in [-0.25, -0.2) is 18.1 Å². The predicted molar refractivity (Wildman–Crippen MR) is 69.1 cm³/mol. The molecular formula is C10H14N4O2S2. The Labute approximate surface area is 110 Å². The van der Waals surface area contributed by atoms with Crippen LogP contribution in [0, 0.1) is 13.8 Å². The molecule has 0 spiro atoms. The quantitative estimate of drug-likeness (QED) is 0.858. The van der Waals surface area contributed by atoms with Crippen LogP contribution in [0.4, 0.5) is 0 Å². The monoisotopic (exact) mass is 286 g/mol. The zero-order valence-electron chi connectivity index (χ0n) is 10.1. The fraction of sp³-hybridized carbons (Fsp3) is 0.400. The summed E-state index contributed by atoms with van der Waals surface area (Å²) < 4.78 is 26.7. The highest BCUT2D eigenvalue weighted by Gasteiger charge is 2.21. The minimum absolute atomic E-state index is 0.238. The number of nitrogens with one attached hydrogen (secondary N) is 2. The van der Waals surface area contributed by atoms with Gasteiger partial charge in [0.2, 0.25) is 10.0 Å². The third-order valence-corrected chi connectivity index (χ3v) is 5.01. The van der Waals surface area contributed by atoms with Crippen LogP contribution >= 0.6 is 11.3 Å². The number of aromatic amines is 1. The Bertz CT molecular complexity index is 597. The molecule has 0 aliphatic carbocycles. The van der Waals surface area contributed by atoms with Crippen molar-refractivity contribution in [3.63, 3.8) is 0 Å². The number of nitrogens with zero attached hydrogens (tertiary/aromatic N) is 2. The van der Waals surface area contributed by atoms with Gasteiger partial charge in [0.15, 0.2) is 0 Å². The maximum Gasteiger partial charge on any atom is 0.244 e. The molecule has 0 saturated heterocycles. The summed E-state index contributed by atoms with van der Waals surface area (Å²) in [6.07, 6.45) is 2.30. The van der Waals surface area contributed by atoms with Crippen molar-refractivity contribution < 1.29 is 8.42 Å². The first kappa shape index (κ1) is 13.2. The predicted octanol–water partition coefficient (Wildman–Crippen LogP) is 1.00. The SMILES string of the molecule is Cc1n[nH]c(C)c1S(=O)(=O)NCCc1nccs1. The molecule has 2 aromatic rings. The van der Waals surface area contributed by atoms with E-state index in [1.165, 1.54) is 11.3 Å². The molecule has 2 N–H and O–H groups in total. The molecule has 18 heavy (non-hydrogen) atoms. The number of sulfonamides is 1. The molecule has 2 aromatic heterocycles. The van der Waals surface area contributed by atoms with Crippen LogP contribution in [-0.2, 0) is 16.4 Å². The Balaban J connectivity index is 2.04. The van der Waals surface area contributed by atoms with Crippen LogP contribution in [0.2, 0.25) is 0 Å². The summed E-state index contributed by atoms with van der Waals surface area (Å²) in [5.74, 6) is 0. The first-order valence-corrected chi connectivity index (χ1v) is 7.76. The molecule has 2 heterocycles. The molecule has 0 saturated carbocycles. The van der Waals surface area contributed by atoms with Gasteiger partial charge in [0.25, 0.3) is 0 Å². The van der Waals surface area contributed by atoms with Gasteiger partial charge in [0.05, 0.1) is 16.4 Å². The smallest absolute Gasteiger partial charge is 0.244 e. The van der Waals surface area contributed by atoms with E-state index in [2.05, 4.69) is 19.9 Å². The molecule has 6 nitrogen and oxygen atoms in total. The van der Waals surface area contributed by atoms with Crippen molar-refractivity contribution in [1.29, 1.82) is 0 Å². The summed E-state index contributed by atoms with van der Waals surface area (Å²) in [5.41, 5.74) is 1.03. The third-order valence-electron chi connectivity index (χ3n) is 2.44. The molecule has 0 amide bonds. The number of hydrogen-bond acceptors (Lipinski definition) is 5. The summed E-state index contributed by atoms with van der Waals surface area (Å²) in [6, 6.07) is 0. The van der Waals surface area contributed by atoms with Gasteiger partial charge in [0, 0.05) is 24.5 Å². The van der Waals surface area contributed by atoms with Crippen LogP contribution in [0.1, 0.15) is 16.4 Å². The molecule has 0 aliphatic heterocycles. The highest BCUT2D eigenvalue weighted by atomic mass is 32.2. The summed E-state index contributed by atoms with van der Waals surface area (Å²) >= 11 is 1.51. The lowest BCUT2D eigenvalue weighted by molar-refractivity contribution is 0.580. The van der Waals surface area contributed by atoms with Gasteiger partial charge in [-0.3, -0.25) is 5.10 Å². The Hall–Kier alpha value is -1.25. The number of rotatable bonds is 5. The van der Waals surface area contributed by atoms with E-state index < -0.39 is 10.0 Å². The molecule has 0 atom stereocenters. The maximum absolute atomic E-state index is 12.1. The van der Waals surface area contributed by atoms with Crippen molar-refractivity contribution in [2.45, 2.75) is 25.2 Å². The second kappa shape index (κ2) is 5.17. The normalized spacial score (nSPS) is 11.9. The van der Waals surface area contributed by atoms with Gasteiger partial charge in [-0.05, 0) is 13.8 Å². The summed E-state index contributed by atoms with van der Waals surface area (Å²) in [4.78, 5) is 4.34. The fourth-order valence-electron chi connectivity index (χ4n) is 1.68. The Kier molecular flexibility index (Phi) is 3.79. The third kappa shape index (κ3) is 2.77. The maximum atomic E-state index is 12.1. The number of aromatic nitrogens is 3. The van der Waals surface area contributed by atoms with Gasteiger partial charge < -0.3 is 0 Å². The van der Waals surface area contributed by atoms with Crippen molar-refractivity contribution in [3.8, 4) is 0 Å². The van der Waals surface area contributed by atoms with E-state index in [-0.39, 0.29) is 4.90 Å². The van der Waals surface area contributed by atoms with Crippen LogP contribution in [0.15, 0.2) is 16.5 Å². The molecule has 2 rings (SSSR count). The first-order valence-electron chi connectivity index (χ1n) is 5.40. The van der Waals surface area contributed by atoms with Gasteiger partial charge in [0.1, 0.15) is 4.90 Å². The van der Waals surface area contributed by atoms with E-state index in [4.69, 9.17) is 0 Å². The van der Waals surface area contributed by atoms with Crippen molar-refractivity contribution in [3.05, 3.63) is 28.0 Å². The number of hydrogen-bond donors (Lipinski definition) is 2. The van der Waals surface area contributed by atoms with Crippen molar-refractivity contribution in [2.24, 2.45) is 0 Å². The van der Waals surface area contributed by atoms with Gasteiger partial charge in [-0.2, -0.15) is 5.10 Å². The largest absolute Gasteiger partial charge is 0.281 e. The highest BCUT2D eigenvalue weighted by Crippen LogP contribution is 2.16. The van der Waals surface area contributed by atoms with E-state index in [0.29, 0.717) is 24.4 Å². The van der Waals surface area contributed by atoms with E-state index in [1.54, 1.807) is 20.0 Å². The van der Waals surface area contributed by atoms with E-state index >= 15 is 0 Å². The molecule has 98 valence electrons. The zero-order chi connectivity index (χ0) is 13.2. The molecule has 0 unspecified atom stereocenters. The summed E-state index contributed by atoms with van der Waals surface area (Å²) in [7, 11) is -3.50. The summed E-state index contributed by atoms with van der Waals surface area (Å²) in [6.45, 7) is 3.69. The first-order chi connectivity index (χ1) is 8.50. The van der Waals surface area contributed by atoms with Gasteiger partial charge >= 0.3 is 0 Å². The second-order valence-corrected chi connectivity index (χ2v) is 6.52. The summed E-state index contributed by atoms with van der Waals surface area (Å²) in [5, 5.41) is 9.34. The van der Waals surface area contributed by atoms with E-state index in [1.807, 2.05) is 5.38 Å². The Morgan fingerprint density at radius 3 is 2.78 bits per heavy atom. The van der Waals surface area contributed by atoms with Crippen molar-refractivity contribution in [2.75, 3.05) is 6.54 Å². The molecule has 0 aliphatic rings. The average Bonchev–Trinajstić information content (AvgIpc) is 2.89. The van der Waals surface area contributed by atoms with Crippen LogP contribution in [0.3, 0.4) is 0 Å². The van der Waals surface area contributed by atoms with Crippen LogP contribution in [0.25, 0.3) is 0 Å². The molecule has 0 radical (unpaired) electrons. The topological polar surface area (TPSA) is 87.7 Å². The fourth-order valence-corrected chi connectivity index (χ4v) is 3.70. The molecular weight excluding hydrogens is 272 g/mol. The van der Waals surface area contributed by atoms with E-state index in [0.717, 1.165) is 5.01 Å². The number of thiazole rings is 1. The van der Waals surface area contributed by atoms with Gasteiger partial charge in [-0.1, -0.05) is 0 Å². The Morgan fingerprint density at radius 2 is 2.22 bits per heavy atom. The van der Waals surface area contributed by atoms with E-state index in [9.17, 15) is 8.42 Å². The minimum Gasteiger partial charge on any atom is -0.281 e. The van der Waals surface area contributed by atoms with Gasteiger partial charge in [-0.15, -0.1) is 11.3 Å². The van der Waals surface area contributed by atoms with Crippen LogP contribution < -0.4 is 4.72 Å². The molecule has 0 bridgehead atoms. The molecule has 8 heteroatoms. The minimum atomic E-state index is -3.50. The van der Waals surface area contributed by atoms with Crippen molar-refractivity contribution in [1.82, 2.24) is 19.9 Å². The lowest BCUT2D eigenvalue weighted by Gasteiger charge is -2.05. The Morgan fingerprint density at radius 1 is 1.44 bits per heavy atom. The standard InChI is InChI=1S/C10H14N4O2S2/c1-7-10(8(2)14-13-7)18(15,16)12-4-3-9-11-5-6-17-9/h5-6,12H,3-4H2,1-2H3,(H,13,14).